The van der Waals surface area contributed by atoms with Crippen molar-refractivity contribution in [2.45, 2.75) is 13.1 Å². The monoisotopic (exact) mass is 478 g/mol. The van der Waals surface area contributed by atoms with Gasteiger partial charge in [-0.05, 0) is 54.3 Å². The van der Waals surface area contributed by atoms with E-state index in [0.717, 1.165) is 27.9 Å². The third-order valence-corrected chi connectivity index (χ3v) is 6.25. The van der Waals surface area contributed by atoms with Gasteiger partial charge in [-0.2, -0.15) is 18.3 Å². The van der Waals surface area contributed by atoms with Crippen molar-refractivity contribution in [3.63, 3.8) is 0 Å². The number of benzene rings is 2. The fourth-order valence-electron chi connectivity index (χ4n) is 3.69. The summed E-state index contributed by atoms with van der Waals surface area (Å²) in [6, 6.07) is 18.3. The molecule has 0 spiro atoms. The molecule has 0 saturated carbocycles. The SMILES string of the molecule is Cc1ccc(C(=O)Nc2cccc(-c3ccnc4cc(-c5cccs5)nn34)c2)cc1C(F)(F)F. The van der Waals surface area contributed by atoms with Crippen LogP contribution in [0.1, 0.15) is 21.5 Å². The highest BCUT2D eigenvalue weighted by Gasteiger charge is 2.33. The maximum atomic E-state index is 13.2. The number of alkyl halides is 3. The number of halogens is 3. The van der Waals surface area contributed by atoms with E-state index >= 15 is 0 Å². The number of carbonyl (C=O) groups excluding carboxylic acids is 1. The third-order valence-electron chi connectivity index (χ3n) is 5.35. The molecule has 5 rings (SSSR count). The highest BCUT2D eigenvalue weighted by atomic mass is 32.1. The number of aryl methyl sites for hydroxylation is 1. The molecule has 34 heavy (non-hydrogen) atoms. The Kier molecular flexibility index (Phi) is 5.41. The Morgan fingerprint density at radius 3 is 2.65 bits per heavy atom. The van der Waals surface area contributed by atoms with E-state index in [9.17, 15) is 18.0 Å². The van der Waals surface area contributed by atoms with E-state index < -0.39 is 17.6 Å². The van der Waals surface area contributed by atoms with Crippen LogP contribution >= 0.6 is 11.3 Å². The van der Waals surface area contributed by atoms with Crippen LogP contribution in [0.25, 0.3) is 27.5 Å². The van der Waals surface area contributed by atoms with Gasteiger partial charge in [0.05, 0.1) is 16.1 Å². The number of hydrogen-bond donors (Lipinski definition) is 1. The molecule has 1 N–H and O–H groups in total. The molecule has 2 aromatic carbocycles. The number of rotatable bonds is 4. The second-order valence-corrected chi connectivity index (χ2v) is 8.62. The minimum Gasteiger partial charge on any atom is -0.322 e. The summed E-state index contributed by atoms with van der Waals surface area (Å²) in [6.07, 6.45) is -2.85. The van der Waals surface area contributed by atoms with Gasteiger partial charge in [-0.25, -0.2) is 9.50 Å². The van der Waals surface area contributed by atoms with E-state index in [2.05, 4.69) is 15.4 Å². The second-order valence-electron chi connectivity index (χ2n) is 7.67. The highest BCUT2D eigenvalue weighted by molar-refractivity contribution is 7.13. The Balaban J connectivity index is 1.46. The molecule has 0 bridgehead atoms. The van der Waals surface area contributed by atoms with Crippen molar-refractivity contribution in [2.75, 3.05) is 5.32 Å². The molecular formula is C25H17F3N4OS. The summed E-state index contributed by atoms with van der Waals surface area (Å²) < 4.78 is 41.4. The zero-order valence-corrected chi connectivity index (χ0v) is 18.6. The summed E-state index contributed by atoms with van der Waals surface area (Å²) in [5.41, 5.74) is 2.63. The predicted molar refractivity (Wildman–Crippen MR) is 126 cm³/mol. The molecule has 0 aliphatic carbocycles. The molecule has 0 aliphatic heterocycles. The van der Waals surface area contributed by atoms with Gasteiger partial charge in [-0.15, -0.1) is 11.3 Å². The van der Waals surface area contributed by atoms with E-state index in [0.29, 0.717) is 11.3 Å². The van der Waals surface area contributed by atoms with E-state index in [1.54, 1.807) is 40.2 Å². The Hall–Kier alpha value is -3.98. The van der Waals surface area contributed by atoms with Crippen LogP contribution in [0.2, 0.25) is 0 Å². The van der Waals surface area contributed by atoms with E-state index in [-0.39, 0.29) is 11.1 Å². The minimum atomic E-state index is -4.53. The number of carbonyl (C=O) groups is 1. The quantitative estimate of drug-likeness (QED) is 0.313. The minimum absolute atomic E-state index is 0.0638. The van der Waals surface area contributed by atoms with Crippen LogP contribution in [-0.4, -0.2) is 20.5 Å². The summed E-state index contributed by atoms with van der Waals surface area (Å²) >= 11 is 1.58. The molecule has 0 fully saturated rings. The number of aromatic nitrogens is 3. The Bertz CT molecular complexity index is 1510. The molecule has 9 heteroatoms. The number of amides is 1. The zero-order chi connectivity index (χ0) is 23.9. The molecule has 0 saturated heterocycles. The summed E-state index contributed by atoms with van der Waals surface area (Å²) in [5.74, 6) is -0.624. The number of anilines is 1. The first-order chi connectivity index (χ1) is 16.3. The van der Waals surface area contributed by atoms with Crippen LogP contribution in [0.5, 0.6) is 0 Å². The first-order valence-corrected chi connectivity index (χ1v) is 11.2. The van der Waals surface area contributed by atoms with Gasteiger partial charge in [-0.3, -0.25) is 4.79 Å². The Labute approximate surface area is 196 Å². The fraction of sp³-hybridized carbons (Fsp3) is 0.0800. The molecule has 0 aliphatic rings. The van der Waals surface area contributed by atoms with E-state index in [1.807, 2.05) is 35.7 Å². The topological polar surface area (TPSA) is 59.3 Å². The highest BCUT2D eigenvalue weighted by Crippen LogP contribution is 2.33. The number of fused-ring (bicyclic) bond motifs is 1. The lowest BCUT2D eigenvalue weighted by molar-refractivity contribution is -0.138. The molecule has 5 nitrogen and oxygen atoms in total. The maximum Gasteiger partial charge on any atom is 0.416 e. The molecule has 0 radical (unpaired) electrons. The number of nitrogens with one attached hydrogen (secondary N) is 1. The normalized spacial score (nSPS) is 11.6. The van der Waals surface area contributed by atoms with Crippen LogP contribution in [0, 0.1) is 6.92 Å². The largest absolute Gasteiger partial charge is 0.416 e. The van der Waals surface area contributed by atoms with Crippen LogP contribution in [0.15, 0.2) is 78.3 Å². The van der Waals surface area contributed by atoms with Crippen molar-refractivity contribution in [2.24, 2.45) is 0 Å². The average molecular weight is 478 g/mol. The van der Waals surface area contributed by atoms with Gasteiger partial charge in [0, 0.05) is 29.1 Å². The lowest BCUT2D eigenvalue weighted by Gasteiger charge is -2.13. The third kappa shape index (κ3) is 4.17. The molecule has 170 valence electrons. The van der Waals surface area contributed by atoms with E-state index in [1.165, 1.54) is 19.1 Å². The predicted octanol–water partition coefficient (Wildman–Crippen LogP) is 6.70. The molecule has 5 aromatic rings. The lowest BCUT2D eigenvalue weighted by Crippen LogP contribution is -2.15. The molecule has 3 heterocycles. The maximum absolute atomic E-state index is 13.2. The van der Waals surface area contributed by atoms with Gasteiger partial charge in [0.1, 0.15) is 5.69 Å². The van der Waals surface area contributed by atoms with Gasteiger partial charge in [-0.1, -0.05) is 24.3 Å². The van der Waals surface area contributed by atoms with Crippen LogP contribution in [0.3, 0.4) is 0 Å². The van der Waals surface area contributed by atoms with Crippen molar-refractivity contribution >= 4 is 28.6 Å². The van der Waals surface area contributed by atoms with Crippen LogP contribution in [0.4, 0.5) is 18.9 Å². The summed E-state index contributed by atoms with van der Waals surface area (Å²) in [6.45, 7) is 1.36. The van der Waals surface area contributed by atoms with Crippen LogP contribution in [-0.2, 0) is 6.18 Å². The van der Waals surface area contributed by atoms with Crippen molar-refractivity contribution in [1.29, 1.82) is 0 Å². The molecule has 1 amide bonds. The Morgan fingerprint density at radius 1 is 1.03 bits per heavy atom. The lowest BCUT2D eigenvalue weighted by atomic mass is 10.0. The molecule has 3 aromatic heterocycles. The fourth-order valence-corrected chi connectivity index (χ4v) is 4.37. The zero-order valence-electron chi connectivity index (χ0n) is 17.8. The van der Waals surface area contributed by atoms with E-state index in [4.69, 9.17) is 0 Å². The molecule has 0 atom stereocenters. The molecule has 0 unspecified atom stereocenters. The number of nitrogens with zero attached hydrogens (tertiary/aromatic N) is 3. The summed E-state index contributed by atoms with van der Waals surface area (Å²) in [5, 5.41) is 9.35. The average Bonchev–Trinajstić information content (AvgIpc) is 3.48. The summed E-state index contributed by atoms with van der Waals surface area (Å²) in [7, 11) is 0. The summed E-state index contributed by atoms with van der Waals surface area (Å²) in [4.78, 5) is 18.1. The van der Waals surface area contributed by atoms with Gasteiger partial charge in [0.2, 0.25) is 0 Å². The van der Waals surface area contributed by atoms with Crippen molar-refractivity contribution < 1.29 is 18.0 Å². The van der Waals surface area contributed by atoms with Crippen molar-refractivity contribution in [3.8, 4) is 21.8 Å². The van der Waals surface area contributed by atoms with Crippen molar-refractivity contribution in [1.82, 2.24) is 14.6 Å². The van der Waals surface area contributed by atoms with Gasteiger partial charge in [0.25, 0.3) is 5.91 Å². The van der Waals surface area contributed by atoms with Gasteiger partial charge >= 0.3 is 6.18 Å². The number of hydrogen-bond acceptors (Lipinski definition) is 4. The molecular weight excluding hydrogens is 461 g/mol. The second kappa shape index (κ2) is 8.42. The van der Waals surface area contributed by atoms with Gasteiger partial charge < -0.3 is 5.32 Å². The standard InChI is InChI=1S/C25H17F3N4OS/c1-15-7-8-17(13-19(15)25(26,27)28)24(33)30-18-5-2-4-16(12-18)21-9-10-29-23-14-20(31-32(21)23)22-6-3-11-34-22/h2-14H,1H3,(H,30,33). The smallest absolute Gasteiger partial charge is 0.322 e. The van der Waals surface area contributed by atoms with Gasteiger partial charge in [0.15, 0.2) is 5.65 Å². The Morgan fingerprint density at radius 2 is 1.88 bits per heavy atom. The number of thiophene rings is 1. The first kappa shape index (κ1) is 21.8. The van der Waals surface area contributed by atoms with Crippen LogP contribution < -0.4 is 5.32 Å². The first-order valence-electron chi connectivity index (χ1n) is 10.3. The van der Waals surface area contributed by atoms with Crippen molar-refractivity contribution in [3.05, 3.63) is 95.0 Å².